The Morgan fingerprint density at radius 3 is 2.95 bits per heavy atom. The van der Waals surface area contributed by atoms with Crippen molar-refractivity contribution in [3.05, 3.63) is 51.1 Å². The molecular formula is C12H13BrFN5O. The molecule has 2 aromatic heterocycles. The highest BCUT2D eigenvalue weighted by Crippen LogP contribution is 2.15. The zero-order valence-electron chi connectivity index (χ0n) is 10.8. The van der Waals surface area contributed by atoms with E-state index in [4.69, 9.17) is 5.73 Å². The van der Waals surface area contributed by atoms with Crippen LogP contribution in [0, 0.1) is 6.92 Å². The van der Waals surface area contributed by atoms with Crippen LogP contribution in [0.15, 0.2) is 39.9 Å². The summed E-state index contributed by atoms with van der Waals surface area (Å²) in [6.07, 6.45) is 3.35. The van der Waals surface area contributed by atoms with E-state index in [9.17, 15) is 9.18 Å². The number of rotatable bonds is 4. The van der Waals surface area contributed by atoms with E-state index in [-0.39, 0.29) is 18.8 Å². The number of hydrogen-bond donors (Lipinski definition) is 1. The lowest BCUT2D eigenvalue weighted by molar-refractivity contribution is 0.612. The van der Waals surface area contributed by atoms with E-state index in [1.165, 1.54) is 10.9 Å². The third-order valence-electron chi connectivity index (χ3n) is 2.81. The first-order valence-corrected chi connectivity index (χ1v) is 6.61. The fraction of sp³-hybridized carbons (Fsp3) is 0.250. The van der Waals surface area contributed by atoms with Gasteiger partial charge < -0.3 is 5.73 Å². The number of nitrogens with zero attached hydrogens (tertiary/aromatic N) is 4. The van der Waals surface area contributed by atoms with Gasteiger partial charge in [0, 0.05) is 6.54 Å². The van der Waals surface area contributed by atoms with Gasteiger partial charge in [0.05, 0.1) is 24.8 Å². The molecule has 0 saturated carbocycles. The maximum Gasteiger partial charge on any atom is 0.350 e. The Balaban J connectivity index is 2.41. The van der Waals surface area contributed by atoms with Crippen molar-refractivity contribution in [1.82, 2.24) is 19.3 Å². The van der Waals surface area contributed by atoms with Gasteiger partial charge in [-0.1, -0.05) is 0 Å². The number of pyridine rings is 1. The van der Waals surface area contributed by atoms with E-state index in [0.717, 1.165) is 10.2 Å². The standard InChI is InChI=1S/C12H13BrFN5O/c1-8-2-11(13)16-5-10(8)18-7-17-19(12(18)20)6-9(3-14)4-15/h2-3,5,7H,4,6,15H2,1H3/b9-3+. The second kappa shape index (κ2) is 6.10. The summed E-state index contributed by atoms with van der Waals surface area (Å²) in [6, 6.07) is 1.80. The molecule has 0 fully saturated rings. The number of nitrogens with two attached hydrogens (primary N) is 1. The van der Waals surface area contributed by atoms with E-state index < -0.39 is 0 Å². The summed E-state index contributed by atoms with van der Waals surface area (Å²) < 4.78 is 15.7. The third kappa shape index (κ3) is 2.86. The minimum absolute atomic E-state index is 0.0296. The Morgan fingerprint density at radius 2 is 2.35 bits per heavy atom. The maximum atomic E-state index is 12.5. The summed E-state index contributed by atoms with van der Waals surface area (Å²) in [4.78, 5) is 16.3. The molecular weight excluding hydrogens is 329 g/mol. The first kappa shape index (κ1) is 14.6. The highest BCUT2D eigenvalue weighted by Gasteiger charge is 2.10. The zero-order chi connectivity index (χ0) is 14.7. The molecule has 0 aromatic carbocycles. The molecule has 106 valence electrons. The minimum Gasteiger partial charge on any atom is -0.327 e. The number of hydrogen-bond acceptors (Lipinski definition) is 4. The van der Waals surface area contributed by atoms with Gasteiger partial charge >= 0.3 is 5.69 Å². The van der Waals surface area contributed by atoms with Crippen LogP contribution >= 0.6 is 15.9 Å². The van der Waals surface area contributed by atoms with E-state index in [1.807, 2.05) is 6.92 Å². The van der Waals surface area contributed by atoms with Gasteiger partial charge in [-0.05, 0) is 40.1 Å². The zero-order valence-corrected chi connectivity index (χ0v) is 12.3. The summed E-state index contributed by atoms with van der Waals surface area (Å²) in [5.41, 5.74) is 6.79. The molecule has 20 heavy (non-hydrogen) atoms. The van der Waals surface area contributed by atoms with Gasteiger partial charge in [-0.2, -0.15) is 5.10 Å². The van der Waals surface area contributed by atoms with Crippen molar-refractivity contribution in [3.63, 3.8) is 0 Å². The summed E-state index contributed by atoms with van der Waals surface area (Å²) in [7, 11) is 0. The molecule has 0 bridgehead atoms. The Morgan fingerprint density at radius 1 is 1.60 bits per heavy atom. The van der Waals surface area contributed by atoms with Crippen molar-refractivity contribution in [3.8, 4) is 5.69 Å². The van der Waals surface area contributed by atoms with E-state index in [2.05, 4.69) is 26.0 Å². The average Bonchev–Trinajstić information content (AvgIpc) is 2.77. The van der Waals surface area contributed by atoms with Crippen molar-refractivity contribution >= 4 is 15.9 Å². The fourth-order valence-corrected chi connectivity index (χ4v) is 2.16. The van der Waals surface area contributed by atoms with E-state index >= 15 is 0 Å². The van der Waals surface area contributed by atoms with Crippen LogP contribution in [0.1, 0.15) is 5.56 Å². The Labute approximate surface area is 122 Å². The molecule has 2 rings (SSSR count). The summed E-state index contributed by atoms with van der Waals surface area (Å²) >= 11 is 3.26. The minimum atomic E-state index is -0.370. The van der Waals surface area contributed by atoms with E-state index in [0.29, 0.717) is 22.2 Å². The lowest BCUT2D eigenvalue weighted by atomic mass is 10.2. The molecule has 0 aliphatic rings. The Bertz CT molecular complexity index is 706. The Hall–Kier alpha value is -1.80. The molecule has 0 aliphatic carbocycles. The molecule has 2 aromatic rings. The van der Waals surface area contributed by atoms with Gasteiger partial charge in [-0.3, -0.25) is 0 Å². The molecule has 2 heterocycles. The number of aromatic nitrogens is 4. The van der Waals surface area contributed by atoms with Gasteiger partial charge in [-0.15, -0.1) is 0 Å². The normalized spacial score (nSPS) is 11.9. The first-order valence-electron chi connectivity index (χ1n) is 5.82. The van der Waals surface area contributed by atoms with Crippen LogP contribution < -0.4 is 11.4 Å². The quantitative estimate of drug-likeness (QED) is 0.850. The highest BCUT2D eigenvalue weighted by atomic mass is 79.9. The van der Waals surface area contributed by atoms with Gasteiger partial charge in [-0.25, -0.2) is 23.4 Å². The molecule has 0 saturated heterocycles. The summed E-state index contributed by atoms with van der Waals surface area (Å²) in [5.74, 6) is 0. The average molecular weight is 342 g/mol. The predicted octanol–water partition coefficient (Wildman–Crippen LogP) is 1.31. The van der Waals surface area contributed by atoms with Crippen LogP contribution in [0.5, 0.6) is 0 Å². The SMILES string of the molecule is Cc1cc(Br)ncc1-n1cnn(C/C(=C/F)CN)c1=O. The highest BCUT2D eigenvalue weighted by molar-refractivity contribution is 9.10. The van der Waals surface area contributed by atoms with Crippen molar-refractivity contribution in [2.45, 2.75) is 13.5 Å². The fourth-order valence-electron chi connectivity index (χ4n) is 1.71. The maximum absolute atomic E-state index is 12.5. The number of aryl methyl sites for hydroxylation is 1. The Kier molecular flexibility index (Phi) is 4.46. The molecule has 0 atom stereocenters. The van der Waals surface area contributed by atoms with Crippen molar-refractivity contribution in [2.75, 3.05) is 6.54 Å². The molecule has 0 radical (unpaired) electrons. The summed E-state index contributed by atoms with van der Waals surface area (Å²) in [5, 5.41) is 3.96. The van der Waals surface area contributed by atoms with Gasteiger partial charge in [0.15, 0.2) is 0 Å². The second-order valence-electron chi connectivity index (χ2n) is 4.21. The van der Waals surface area contributed by atoms with Gasteiger partial charge in [0.1, 0.15) is 10.9 Å². The third-order valence-corrected chi connectivity index (χ3v) is 3.25. The smallest absolute Gasteiger partial charge is 0.327 e. The first-order chi connectivity index (χ1) is 9.56. The van der Waals surface area contributed by atoms with Crippen LogP contribution in [0.3, 0.4) is 0 Å². The largest absolute Gasteiger partial charge is 0.350 e. The number of halogens is 2. The molecule has 8 heteroatoms. The van der Waals surface area contributed by atoms with Gasteiger partial charge in [0.2, 0.25) is 0 Å². The molecule has 0 spiro atoms. The van der Waals surface area contributed by atoms with Crippen LogP contribution in [-0.4, -0.2) is 25.9 Å². The van der Waals surface area contributed by atoms with Crippen molar-refractivity contribution in [2.24, 2.45) is 5.73 Å². The second-order valence-corrected chi connectivity index (χ2v) is 5.02. The molecule has 0 aliphatic heterocycles. The molecule has 0 amide bonds. The lowest BCUT2D eigenvalue weighted by Crippen LogP contribution is -2.26. The lowest BCUT2D eigenvalue weighted by Gasteiger charge is -2.05. The van der Waals surface area contributed by atoms with Crippen LogP contribution in [0.25, 0.3) is 5.69 Å². The van der Waals surface area contributed by atoms with Crippen LogP contribution in [-0.2, 0) is 6.54 Å². The predicted molar refractivity (Wildman–Crippen MR) is 76.3 cm³/mol. The van der Waals surface area contributed by atoms with Crippen molar-refractivity contribution < 1.29 is 4.39 Å². The molecule has 6 nitrogen and oxygen atoms in total. The summed E-state index contributed by atoms with van der Waals surface area (Å²) in [6.45, 7) is 1.93. The van der Waals surface area contributed by atoms with Gasteiger partial charge in [0.25, 0.3) is 0 Å². The van der Waals surface area contributed by atoms with Crippen LogP contribution in [0.2, 0.25) is 0 Å². The monoisotopic (exact) mass is 341 g/mol. The molecule has 0 unspecified atom stereocenters. The topological polar surface area (TPSA) is 78.7 Å². The van der Waals surface area contributed by atoms with Crippen molar-refractivity contribution in [1.29, 1.82) is 0 Å². The molecule has 2 N–H and O–H groups in total. The van der Waals surface area contributed by atoms with Crippen LogP contribution in [0.4, 0.5) is 4.39 Å². The van der Waals surface area contributed by atoms with E-state index in [1.54, 1.807) is 12.3 Å².